The fourth-order valence-electron chi connectivity index (χ4n) is 2.11. The minimum Gasteiger partial charge on any atom is -0.483 e. The van der Waals surface area contributed by atoms with Crippen molar-refractivity contribution < 1.29 is 9.15 Å². The van der Waals surface area contributed by atoms with E-state index in [1.807, 2.05) is 13.8 Å². The van der Waals surface area contributed by atoms with Gasteiger partial charge in [0.1, 0.15) is 5.75 Å². The maximum Gasteiger partial charge on any atom is 0.253 e. The van der Waals surface area contributed by atoms with E-state index in [0.29, 0.717) is 24.9 Å². The molecule has 0 bridgehead atoms. The van der Waals surface area contributed by atoms with Crippen LogP contribution in [0, 0.1) is 20.8 Å². The summed E-state index contributed by atoms with van der Waals surface area (Å²) in [6.45, 7) is 6.76. The number of ether oxygens (including phenoxy) is 1. The monoisotopic (exact) mass is 261 g/mol. The van der Waals surface area contributed by atoms with Crippen molar-refractivity contribution >= 4 is 0 Å². The third kappa shape index (κ3) is 3.32. The van der Waals surface area contributed by atoms with Gasteiger partial charge in [0.05, 0.1) is 0 Å². The summed E-state index contributed by atoms with van der Waals surface area (Å²) >= 11 is 0. The van der Waals surface area contributed by atoms with Gasteiger partial charge in [-0.25, -0.2) is 0 Å². The molecule has 0 saturated carbocycles. The predicted molar refractivity (Wildman–Crippen MR) is 72.0 cm³/mol. The molecule has 2 rings (SSSR count). The molecular weight excluding hydrogens is 242 g/mol. The predicted octanol–water partition coefficient (Wildman–Crippen LogP) is 2.08. The van der Waals surface area contributed by atoms with Crippen LogP contribution in [0.15, 0.2) is 16.5 Å². The van der Waals surface area contributed by atoms with Crippen LogP contribution in [0.1, 0.15) is 28.5 Å². The molecule has 1 aromatic carbocycles. The summed E-state index contributed by atoms with van der Waals surface area (Å²) in [7, 11) is 0. The van der Waals surface area contributed by atoms with Crippen molar-refractivity contribution in [2.24, 2.45) is 5.73 Å². The highest BCUT2D eigenvalue weighted by Crippen LogP contribution is 2.25. The number of hydrogen-bond donors (Lipinski definition) is 1. The second-order valence-electron chi connectivity index (χ2n) is 4.60. The Morgan fingerprint density at radius 2 is 1.84 bits per heavy atom. The van der Waals surface area contributed by atoms with Crippen LogP contribution >= 0.6 is 0 Å². The molecule has 0 atom stereocenters. The van der Waals surface area contributed by atoms with E-state index >= 15 is 0 Å². The minimum absolute atomic E-state index is 0.290. The van der Waals surface area contributed by atoms with Crippen molar-refractivity contribution in [3.63, 3.8) is 0 Å². The van der Waals surface area contributed by atoms with E-state index < -0.39 is 0 Å². The van der Waals surface area contributed by atoms with Crippen LogP contribution in [0.4, 0.5) is 0 Å². The average Bonchev–Trinajstić information content (AvgIpc) is 2.74. The van der Waals surface area contributed by atoms with Crippen molar-refractivity contribution in [1.82, 2.24) is 10.2 Å². The van der Waals surface area contributed by atoms with Gasteiger partial charge in [0.15, 0.2) is 6.61 Å². The van der Waals surface area contributed by atoms with Crippen LogP contribution < -0.4 is 10.5 Å². The maximum absolute atomic E-state index is 5.77. The number of rotatable bonds is 5. The second-order valence-corrected chi connectivity index (χ2v) is 4.60. The first-order valence-corrected chi connectivity index (χ1v) is 6.32. The van der Waals surface area contributed by atoms with Gasteiger partial charge >= 0.3 is 0 Å². The topological polar surface area (TPSA) is 74.2 Å². The van der Waals surface area contributed by atoms with Crippen molar-refractivity contribution in [3.05, 3.63) is 40.6 Å². The largest absolute Gasteiger partial charge is 0.483 e. The Balaban J connectivity index is 2.11. The van der Waals surface area contributed by atoms with Crippen LogP contribution in [-0.2, 0) is 13.0 Å². The minimum atomic E-state index is 0.290. The zero-order valence-electron chi connectivity index (χ0n) is 11.6. The summed E-state index contributed by atoms with van der Waals surface area (Å²) < 4.78 is 11.1. The van der Waals surface area contributed by atoms with Crippen LogP contribution in [-0.4, -0.2) is 16.7 Å². The molecule has 19 heavy (non-hydrogen) atoms. The van der Waals surface area contributed by atoms with Crippen molar-refractivity contribution in [2.45, 2.75) is 33.8 Å². The lowest BCUT2D eigenvalue weighted by molar-refractivity contribution is 0.257. The molecule has 1 aromatic heterocycles. The molecule has 0 fully saturated rings. The molecule has 0 saturated heterocycles. The zero-order valence-corrected chi connectivity index (χ0v) is 11.6. The van der Waals surface area contributed by atoms with Gasteiger partial charge in [0, 0.05) is 6.92 Å². The quantitative estimate of drug-likeness (QED) is 0.891. The van der Waals surface area contributed by atoms with Gasteiger partial charge in [-0.1, -0.05) is 12.1 Å². The van der Waals surface area contributed by atoms with Gasteiger partial charge in [0.25, 0.3) is 5.89 Å². The Kier molecular flexibility index (Phi) is 4.16. The smallest absolute Gasteiger partial charge is 0.253 e. The lowest BCUT2D eigenvalue weighted by atomic mass is 10.0. The number of nitrogens with two attached hydrogens (primary N) is 1. The van der Waals surface area contributed by atoms with Gasteiger partial charge in [-0.3, -0.25) is 0 Å². The second kappa shape index (κ2) is 5.84. The molecule has 102 valence electrons. The number of benzene rings is 1. The fraction of sp³-hybridized carbons (Fsp3) is 0.429. The highest BCUT2D eigenvalue weighted by atomic mass is 16.5. The molecule has 0 aliphatic rings. The molecule has 2 aromatic rings. The number of aromatic nitrogens is 2. The van der Waals surface area contributed by atoms with E-state index in [4.69, 9.17) is 14.9 Å². The lowest BCUT2D eigenvalue weighted by Crippen LogP contribution is -2.05. The molecule has 0 aliphatic carbocycles. The number of aryl methyl sites for hydroxylation is 3. The zero-order chi connectivity index (χ0) is 13.8. The van der Waals surface area contributed by atoms with Crippen LogP contribution in [0.3, 0.4) is 0 Å². The standard InChI is InChI=1S/C14H19N3O2/c1-9-6-12(4-5-15)7-10(2)14(9)18-8-13-17-16-11(3)19-13/h6-7H,4-5,8,15H2,1-3H3. The first-order chi connectivity index (χ1) is 9.10. The van der Waals surface area contributed by atoms with Gasteiger partial charge in [0.2, 0.25) is 5.89 Å². The molecule has 0 spiro atoms. The molecule has 2 N–H and O–H groups in total. The van der Waals surface area contributed by atoms with Crippen molar-refractivity contribution in [3.8, 4) is 5.75 Å². The van der Waals surface area contributed by atoms with E-state index in [1.165, 1.54) is 5.56 Å². The number of hydrogen-bond acceptors (Lipinski definition) is 5. The Bertz CT molecular complexity index is 541. The SMILES string of the molecule is Cc1nnc(COc2c(C)cc(CCN)cc2C)o1. The molecule has 1 heterocycles. The van der Waals surface area contributed by atoms with E-state index in [2.05, 4.69) is 22.3 Å². The Morgan fingerprint density at radius 1 is 1.16 bits per heavy atom. The molecule has 0 amide bonds. The molecule has 0 radical (unpaired) electrons. The Labute approximate surface area is 112 Å². The van der Waals surface area contributed by atoms with E-state index in [1.54, 1.807) is 6.92 Å². The Morgan fingerprint density at radius 3 is 2.37 bits per heavy atom. The first kappa shape index (κ1) is 13.5. The van der Waals surface area contributed by atoms with Crippen molar-refractivity contribution in [1.29, 1.82) is 0 Å². The van der Waals surface area contributed by atoms with E-state index in [0.717, 1.165) is 23.3 Å². The summed E-state index contributed by atoms with van der Waals surface area (Å²) in [4.78, 5) is 0. The van der Waals surface area contributed by atoms with Gasteiger partial charge in [-0.2, -0.15) is 0 Å². The van der Waals surface area contributed by atoms with E-state index in [9.17, 15) is 0 Å². The molecule has 0 aliphatic heterocycles. The summed E-state index contributed by atoms with van der Waals surface area (Å²) in [5, 5.41) is 7.68. The fourth-order valence-corrected chi connectivity index (χ4v) is 2.11. The van der Waals surface area contributed by atoms with Crippen LogP contribution in [0.25, 0.3) is 0 Å². The van der Waals surface area contributed by atoms with Gasteiger partial charge in [-0.15, -0.1) is 10.2 Å². The molecule has 0 unspecified atom stereocenters. The van der Waals surface area contributed by atoms with Crippen LogP contribution in [0.2, 0.25) is 0 Å². The average molecular weight is 261 g/mol. The highest BCUT2D eigenvalue weighted by Gasteiger charge is 2.09. The molecule has 5 heteroatoms. The molecule has 5 nitrogen and oxygen atoms in total. The maximum atomic E-state index is 5.77. The van der Waals surface area contributed by atoms with Crippen molar-refractivity contribution in [2.75, 3.05) is 6.54 Å². The summed E-state index contributed by atoms with van der Waals surface area (Å²) in [5.74, 6) is 1.91. The lowest BCUT2D eigenvalue weighted by Gasteiger charge is -2.12. The highest BCUT2D eigenvalue weighted by molar-refractivity contribution is 5.43. The Hall–Kier alpha value is -1.88. The summed E-state index contributed by atoms with van der Waals surface area (Å²) in [6.07, 6.45) is 0.880. The van der Waals surface area contributed by atoms with Gasteiger partial charge in [-0.05, 0) is 43.5 Å². The van der Waals surface area contributed by atoms with Gasteiger partial charge < -0.3 is 14.9 Å². The summed E-state index contributed by atoms with van der Waals surface area (Å²) in [5.41, 5.74) is 9.01. The number of nitrogens with zero attached hydrogens (tertiary/aromatic N) is 2. The summed E-state index contributed by atoms with van der Waals surface area (Å²) in [6, 6.07) is 4.21. The van der Waals surface area contributed by atoms with E-state index in [-0.39, 0.29) is 0 Å². The first-order valence-electron chi connectivity index (χ1n) is 6.32. The third-order valence-corrected chi connectivity index (χ3v) is 2.86. The normalized spacial score (nSPS) is 10.7. The van der Waals surface area contributed by atoms with Crippen LogP contribution in [0.5, 0.6) is 5.75 Å². The third-order valence-electron chi connectivity index (χ3n) is 2.86. The molecular formula is C14H19N3O2.